The topological polar surface area (TPSA) is 98.7 Å². The standard InChI is InChI=1S/C10H20N2O4/c1-3-4-5-7(2)12-10(16)11-6-8(13)9(14)15/h7-8,13H,3-6H2,1-2H3,(H,14,15)(H2,11,12,16). The number of nitrogens with one attached hydrogen (secondary N) is 2. The van der Waals surface area contributed by atoms with Crippen LogP contribution in [0.5, 0.6) is 0 Å². The van der Waals surface area contributed by atoms with Gasteiger partial charge in [0.05, 0.1) is 6.54 Å². The first-order valence-electron chi connectivity index (χ1n) is 5.42. The molecule has 16 heavy (non-hydrogen) atoms. The molecular formula is C10H20N2O4. The number of hydrogen-bond donors (Lipinski definition) is 4. The molecular weight excluding hydrogens is 212 g/mol. The summed E-state index contributed by atoms with van der Waals surface area (Å²) in [6.07, 6.45) is 1.41. The first-order chi connectivity index (χ1) is 7.47. The maximum absolute atomic E-state index is 11.2. The van der Waals surface area contributed by atoms with Gasteiger partial charge >= 0.3 is 12.0 Å². The average molecular weight is 232 g/mol. The van der Waals surface area contributed by atoms with E-state index in [-0.39, 0.29) is 12.6 Å². The van der Waals surface area contributed by atoms with Crippen molar-refractivity contribution in [1.29, 1.82) is 0 Å². The molecule has 0 aromatic heterocycles. The van der Waals surface area contributed by atoms with Gasteiger partial charge in [0, 0.05) is 6.04 Å². The van der Waals surface area contributed by atoms with Crippen molar-refractivity contribution in [2.24, 2.45) is 0 Å². The fraction of sp³-hybridized carbons (Fsp3) is 0.800. The third kappa shape index (κ3) is 7.05. The number of urea groups is 1. The van der Waals surface area contributed by atoms with Crippen LogP contribution < -0.4 is 10.6 Å². The predicted molar refractivity (Wildman–Crippen MR) is 59.2 cm³/mol. The largest absolute Gasteiger partial charge is 0.479 e. The van der Waals surface area contributed by atoms with Gasteiger partial charge in [-0.05, 0) is 13.3 Å². The Balaban J connectivity index is 3.69. The Bertz CT molecular complexity index is 233. The highest BCUT2D eigenvalue weighted by molar-refractivity contribution is 5.76. The lowest BCUT2D eigenvalue weighted by Gasteiger charge is -2.14. The zero-order valence-electron chi connectivity index (χ0n) is 9.69. The van der Waals surface area contributed by atoms with Crippen LogP contribution in [-0.4, -0.2) is 40.9 Å². The number of rotatable bonds is 7. The molecule has 0 saturated carbocycles. The summed E-state index contributed by atoms with van der Waals surface area (Å²) in [5.74, 6) is -1.35. The molecule has 94 valence electrons. The first-order valence-corrected chi connectivity index (χ1v) is 5.42. The molecule has 0 aliphatic carbocycles. The number of hydrogen-bond acceptors (Lipinski definition) is 3. The Morgan fingerprint density at radius 2 is 2.00 bits per heavy atom. The minimum Gasteiger partial charge on any atom is -0.479 e. The number of carboxylic acids is 1. The Labute approximate surface area is 95.0 Å². The summed E-state index contributed by atoms with van der Waals surface area (Å²) in [7, 11) is 0. The van der Waals surface area contributed by atoms with Gasteiger partial charge in [-0.15, -0.1) is 0 Å². The third-order valence-electron chi connectivity index (χ3n) is 2.11. The molecule has 0 spiro atoms. The molecule has 2 unspecified atom stereocenters. The Morgan fingerprint density at radius 3 is 2.50 bits per heavy atom. The number of aliphatic carboxylic acids is 1. The fourth-order valence-electron chi connectivity index (χ4n) is 1.13. The lowest BCUT2D eigenvalue weighted by atomic mass is 10.1. The number of carbonyl (C=O) groups is 2. The van der Waals surface area contributed by atoms with E-state index in [1.54, 1.807) is 0 Å². The molecule has 0 heterocycles. The lowest BCUT2D eigenvalue weighted by Crippen LogP contribution is -2.45. The van der Waals surface area contributed by atoms with E-state index in [0.29, 0.717) is 0 Å². The summed E-state index contributed by atoms with van der Waals surface area (Å²) < 4.78 is 0. The van der Waals surface area contributed by atoms with Gasteiger partial charge in [0.15, 0.2) is 6.10 Å². The average Bonchev–Trinajstić information content (AvgIpc) is 2.22. The summed E-state index contributed by atoms with van der Waals surface area (Å²) >= 11 is 0. The van der Waals surface area contributed by atoms with Crippen molar-refractivity contribution in [3.05, 3.63) is 0 Å². The zero-order chi connectivity index (χ0) is 12.6. The second-order valence-corrected chi connectivity index (χ2v) is 3.75. The van der Waals surface area contributed by atoms with Gasteiger partial charge in [-0.25, -0.2) is 9.59 Å². The van der Waals surface area contributed by atoms with Gasteiger partial charge in [0.25, 0.3) is 0 Å². The molecule has 0 aromatic carbocycles. The van der Waals surface area contributed by atoms with Crippen LogP contribution in [0.25, 0.3) is 0 Å². The quantitative estimate of drug-likeness (QED) is 0.507. The van der Waals surface area contributed by atoms with E-state index in [2.05, 4.69) is 17.6 Å². The molecule has 0 radical (unpaired) electrons. The van der Waals surface area contributed by atoms with E-state index in [9.17, 15) is 9.59 Å². The summed E-state index contributed by atoms with van der Waals surface area (Å²) in [5, 5.41) is 22.2. The smallest absolute Gasteiger partial charge is 0.334 e. The van der Waals surface area contributed by atoms with Crippen molar-refractivity contribution in [2.75, 3.05) is 6.54 Å². The first kappa shape index (κ1) is 14.7. The summed E-state index contributed by atoms with van der Waals surface area (Å²) in [6, 6.07) is -0.411. The van der Waals surface area contributed by atoms with Gasteiger partial charge in [-0.1, -0.05) is 19.8 Å². The highest BCUT2D eigenvalue weighted by atomic mass is 16.4. The van der Waals surface area contributed by atoms with E-state index in [0.717, 1.165) is 19.3 Å². The van der Waals surface area contributed by atoms with Crippen molar-refractivity contribution in [3.63, 3.8) is 0 Å². The van der Waals surface area contributed by atoms with Crippen LogP contribution in [0.1, 0.15) is 33.1 Å². The molecule has 6 nitrogen and oxygen atoms in total. The molecule has 0 aliphatic rings. The Hall–Kier alpha value is -1.30. The molecule has 0 fully saturated rings. The Morgan fingerprint density at radius 1 is 1.38 bits per heavy atom. The highest BCUT2D eigenvalue weighted by Crippen LogP contribution is 1.98. The Kier molecular flexibility index (Phi) is 7.28. The van der Waals surface area contributed by atoms with E-state index >= 15 is 0 Å². The highest BCUT2D eigenvalue weighted by Gasteiger charge is 2.14. The number of unbranched alkanes of at least 4 members (excludes halogenated alkanes) is 1. The second kappa shape index (κ2) is 7.92. The number of amides is 2. The molecule has 2 amide bonds. The lowest BCUT2D eigenvalue weighted by molar-refractivity contribution is -0.146. The van der Waals surface area contributed by atoms with Crippen LogP contribution in [0.3, 0.4) is 0 Å². The zero-order valence-corrected chi connectivity index (χ0v) is 9.69. The normalized spacial score (nSPS) is 13.9. The minimum atomic E-state index is -1.56. The van der Waals surface area contributed by atoms with Crippen LogP contribution in [0.4, 0.5) is 4.79 Å². The summed E-state index contributed by atoms with van der Waals surface area (Å²) in [5.41, 5.74) is 0. The van der Waals surface area contributed by atoms with Crippen molar-refractivity contribution in [2.45, 2.75) is 45.3 Å². The van der Waals surface area contributed by atoms with E-state index in [4.69, 9.17) is 10.2 Å². The predicted octanol–water partition coefficient (Wildman–Crippen LogP) is 0.310. The maximum Gasteiger partial charge on any atom is 0.334 e. The molecule has 6 heteroatoms. The van der Waals surface area contributed by atoms with Gasteiger partial charge in [0.1, 0.15) is 0 Å². The SMILES string of the molecule is CCCCC(C)NC(=O)NCC(O)C(=O)O. The van der Waals surface area contributed by atoms with Crippen molar-refractivity contribution < 1.29 is 19.8 Å². The summed E-state index contributed by atoms with van der Waals surface area (Å²) in [4.78, 5) is 21.5. The maximum atomic E-state index is 11.2. The van der Waals surface area contributed by atoms with Gasteiger partial charge < -0.3 is 20.8 Å². The molecule has 0 bridgehead atoms. The molecule has 4 N–H and O–H groups in total. The van der Waals surface area contributed by atoms with E-state index in [1.807, 2.05) is 6.92 Å². The minimum absolute atomic E-state index is 0.0434. The van der Waals surface area contributed by atoms with Gasteiger partial charge in [0.2, 0.25) is 0 Å². The van der Waals surface area contributed by atoms with Crippen molar-refractivity contribution in [1.82, 2.24) is 10.6 Å². The molecule has 2 atom stereocenters. The number of aliphatic hydroxyl groups is 1. The van der Waals surface area contributed by atoms with E-state index < -0.39 is 18.1 Å². The van der Waals surface area contributed by atoms with Crippen molar-refractivity contribution >= 4 is 12.0 Å². The van der Waals surface area contributed by atoms with E-state index in [1.165, 1.54) is 0 Å². The second-order valence-electron chi connectivity index (χ2n) is 3.75. The number of aliphatic hydroxyl groups excluding tert-OH is 1. The van der Waals surface area contributed by atoms with Crippen LogP contribution in [-0.2, 0) is 4.79 Å². The van der Waals surface area contributed by atoms with Crippen LogP contribution >= 0.6 is 0 Å². The van der Waals surface area contributed by atoms with Crippen LogP contribution in [0, 0.1) is 0 Å². The van der Waals surface area contributed by atoms with Crippen LogP contribution in [0.15, 0.2) is 0 Å². The number of carbonyl (C=O) groups excluding carboxylic acids is 1. The fourth-order valence-corrected chi connectivity index (χ4v) is 1.13. The number of carboxylic acid groups (broad SMARTS) is 1. The molecule has 0 aliphatic heterocycles. The molecule has 0 aromatic rings. The monoisotopic (exact) mass is 232 g/mol. The van der Waals surface area contributed by atoms with Crippen molar-refractivity contribution in [3.8, 4) is 0 Å². The van der Waals surface area contributed by atoms with Crippen LogP contribution in [0.2, 0.25) is 0 Å². The molecule has 0 saturated heterocycles. The van der Waals surface area contributed by atoms with Gasteiger partial charge in [-0.2, -0.15) is 0 Å². The van der Waals surface area contributed by atoms with Gasteiger partial charge in [-0.3, -0.25) is 0 Å². The third-order valence-corrected chi connectivity index (χ3v) is 2.11. The molecule has 0 rings (SSSR count). The summed E-state index contributed by atoms with van der Waals surface area (Å²) in [6.45, 7) is 3.65.